The third-order valence-electron chi connectivity index (χ3n) is 5.48. The molecule has 0 unspecified atom stereocenters. The van der Waals surface area contributed by atoms with Crippen molar-refractivity contribution in [2.24, 2.45) is 0 Å². The van der Waals surface area contributed by atoms with E-state index in [9.17, 15) is 0 Å². The van der Waals surface area contributed by atoms with Crippen LogP contribution in [0.3, 0.4) is 0 Å². The van der Waals surface area contributed by atoms with E-state index in [2.05, 4.69) is 69.6 Å². The van der Waals surface area contributed by atoms with Gasteiger partial charge in [-0.25, -0.2) is 4.98 Å². The van der Waals surface area contributed by atoms with Gasteiger partial charge in [-0.2, -0.15) is 4.98 Å². The molecule has 160 valence electrons. The first-order valence-corrected chi connectivity index (χ1v) is 11.5. The Morgan fingerprint density at radius 1 is 0.788 bits per heavy atom. The number of ether oxygens (including phenoxy) is 1. The molecule has 2 heterocycles. The second kappa shape index (κ2) is 8.48. The maximum atomic E-state index is 6.20. The van der Waals surface area contributed by atoms with Gasteiger partial charge in [-0.1, -0.05) is 60.7 Å². The minimum absolute atomic E-state index is 0.493. The highest BCUT2D eigenvalue weighted by Crippen LogP contribution is 2.33. The summed E-state index contributed by atoms with van der Waals surface area (Å²) in [6.45, 7) is 0.703. The number of benzene rings is 4. The van der Waals surface area contributed by atoms with E-state index in [0.717, 1.165) is 38.5 Å². The van der Waals surface area contributed by atoms with Gasteiger partial charge >= 0.3 is 0 Å². The maximum absolute atomic E-state index is 6.20. The Hall–Kier alpha value is -4.03. The molecule has 0 fully saturated rings. The molecule has 6 rings (SSSR count). The summed E-state index contributed by atoms with van der Waals surface area (Å²) in [7, 11) is 0. The fraction of sp³-hybridized carbons (Fsp3) is 0.0370. The summed E-state index contributed by atoms with van der Waals surface area (Å²) in [5.41, 5.74) is 4.02. The van der Waals surface area contributed by atoms with Gasteiger partial charge in [0.1, 0.15) is 5.75 Å². The fourth-order valence-corrected chi connectivity index (χ4v) is 4.56. The van der Waals surface area contributed by atoms with Gasteiger partial charge in [0.05, 0.1) is 5.69 Å². The van der Waals surface area contributed by atoms with Crippen molar-refractivity contribution in [2.45, 2.75) is 11.4 Å². The summed E-state index contributed by atoms with van der Waals surface area (Å²) in [6, 6.07) is 32.8. The second-order valence-electron chi connectivity index (χ2n) is 7.78. The van der Waals surface area contributed by atoms with Crippen molar-refractivity contribution in [1.29, 1.82) is 0 Å². The quantitative estimate of drug-likeness (QED) is 0.266. The molecule has 1 aliphatic rings. The number of nitrogens with zero attached hydrogens (tertiary/aromatic N) is 2. The van der Waals surface area contributed by atoms with Gasteiger partial charge in [0.15, 0.2) is 0 Å². The highest BCUT2D eigenvalue weighted by atomic mass is 32.2. The van der Waals surface area contributed by atoms with Gasteiger partial charge in [-0.3, -0.25) is 4.72 Å². The van der Waals surface area contributed by atoms with E-state index in [-0.39, 0.29) is 0 Å². The van der Waals surface area contributed by atoms with Crippen LogP contribution in [0.15, 0.2) is 102 Å². The van der Waals surface area contributed by atoms with Gasteiger partial charge in [0.2, 0.25) is 11.8 Å². The standard InChI is InChI=1S/C27H20N4OS/c1-2-12-23-19(7-1)8-4-13-24(23)25-16-26-30-27(29-25)31-33-22-11-5-9-20(15-22)28-17-18-6-3-10-21(14-18)32-26/h1-16,28H,17H2,(H,29,30,31). The third-order valence-corrected chi connectivity index (χ3v) is 6.25. The van der Waals surface area contributed by atoms with Crippen molar-refractivity contribution in [3.63, 3.8) is 0 Å². The maximum Gasteiger partial charge on any atom is 0.237 e. The van der Waals surface area contributed by atoms with Crippen molar-refractivity contribution >= 4 is 34.4 Å². The van der Waals surface area contributed by atoms with Gasteiger partial charge in [0, 0.05) is 28.8 Å². The zero-order valence-corrected chi connectivity index (χ0v) is 18.5. The SMILES string of the molecule is c1cc2cc(c1)Oc1cc(-c3cccc4ccccc34)nc(n1)NSc1cccc(c1)NC2. The molecule has 0 amide bonds. The van der Waals surface area contributed by atoms with Crippen molar-refractivity contribution in [2.75, 3.05) is 10.0 Å². The summed E-state index contributed by atoms with van der Waals surface area (Å²) in [6.07, 6.45) is 0. The molecule has 6 heteroatoms. The lowest BCUT2D eigenvalue weighted by atomic mass is 10.0. The van der Waals surface area contributed by atoms with Gasteiger partial charge in [-0.15, -0.1) is 0 Å². The van der Waals surface area contributed by atoms with Gasteiger partial charge < -0.3 is 10.1 Å². The van der Waals surface area contributed by atoms with Crippen LogP contribution < -0.4 is 14.8 Å². The van der Waals surface area contributed by atoms with Crippen LogP contribution in [0.1, 0.15) is 5.56 Å². The van der Waals surface area contributed by atoms with Crippen LogP contribution >= 0.6 is 11.9 Å². The lowest BCUT2D eigenvalue weighted by Gasteiger charge is -2.14. The van der Waals surface area contributed by atoms with Crippen LogP contribution in [0.4, 0.5) is 11.6 Å². The molecule has 5 nitrogen and oxygen atoms in total. The molecule has 0 saturated heterocycles. The van der Waals surface area contributed by atoms with Crippen LogP contribution in [0, 0.1) is 0 Å². The molecule has 1 aliphatic heterocycles. The average molecular weight is 449 g/mol. The summed E-state index contributed by atoms with van der Waals surface area (Å²) >= 11 is 1.47. The molecule has 1 aromatic heterocycles. The van der Waals surface area contributed by atoms with Crippen LogP contribution in [0.5, 0.6) is 11.6 Å². The summed E-state index contributed by atoms with van der Waals surface area (Å²) in [4.78, 5) is 10.5. The number of fused-ring (bicyclic) bond motifs is 7. The molecule has 0 aliphatic carbocycles. The Balaban J connectivity index is 1.48. The zero-order chi connectivity index (χ0) is 22.0. The highest BCUT2D eigenvalue weighted by Gasteiger charge is 2.12. The van der Waals surface area contributed by atoms with E-state index >= 15 is 0 Å². The Kier molecular flexibility index (Phi) is 5.05. The molecule has 6 bridgehead atoms. The number of aromatic nitrogens is 2. The third kappa shape index (κ3) is 4.21. The minimum atomic E-state index is 0.493. The van der Waals surface area contributed by atoms with E-state index < -0.39 is 0 Å². The highest BCUT2D eigenvalue weighted by molar-refractivity contribution is 8.00. The molecule has 2 N–H and O–H groups in total. The summed E-state index contributed by atoms with van der Waals surface area (Å²) in [5, 5.41) is 5.78. The number of rotatable bonds is 1. The largest absolute Gasteiger partial charge is 0.439 e. The van der Waals surface area contributed by atoms with Gasteiger partial charge in [0.25, 0.3) is 0 Å². The van der Waals surface area contributed by atoms with Crippen molar-refractivity contribution < 1.29 is 4.74 Å². The summed E-state index contributed by atoms with van der Waals surface area (Å²) in [5.74, 6) is 1.72. The molecule has 0 saturated carbocycles. The molecule has 33 heavy (non-hydrogen) atoms. The average Bonchev–Trinajstić information content (AvgIpc) is 2.86. The minimum Gasteiger partial charge on any atom is -0.439 e. The van der Waals surface area contributed by atoms with Crippen LogP contribution in [-0.4, -0.2) is 9.97 Å². The fourth-order valence-electron chi connectivity index (χ4n) is 3.93. The molecule has 5 aromatic rings. The van der Waals surface area contributed by atoms with E-state index in [4.69, 9.17) is 9.72 Å². The smallest absolute Gasteiger partial charge is 0.237 e. The molecule has 4 aromatic carbocycles. The van der Waals surface area contributed by atoms with E-state index in [1.807, 2.05) is 42.5 Å². The Morgan fingerprint density at radius 3 is 2.67 bits per heavy atom. The first-order chi connectivity index (χ1) is 16.3. The topological polar surface area (TPSA) is 59.1 Å². The Labute approximate surface area is 196 Å². The number of hydrogen-bond donors (Lipinski definition) is 2. The first kappa shape index (κ1) is 19.6. The Morgan fingerprint density at radius 2 is 1.67 bits per heavy atom. The van der Waals surface area contributed by atoms with Crippen LogP contribution in [0.25, 0.3) is 22.0 Å². The van der Waals surface area contributed by atoms with Crippen molar-refractivity contribution in [1.82, 2.24) is 9.97 Å². The predicted octanol–water partition coefficient (Wildman–Crippen LogP) is 7.13. The molecule has 0 radical (unpaired) electrons. The normalized spacial score (nSPS) is 12.7. The summed E-state index contributed by atoms with van der Waals surface area (Å²) < 4.78 is 9.50. The van der Waals surface area contributed by atoms with Crippen molar-refractivity contribution in [3.8, 4) is 22.9 Å². The van der Waals surface area contributed by atoms with E-state index in [1.54, 1.807) is 0 Å². The van der Waals surface area contributed by atoms with E-state index in [0.29, 0.717) is 18.4 Å². The molecular formula is C27H20N4OS. The molecule has 0 atom stereocenters. The number of anilines is 2. The molecule has 0 spiro atoms. The van der Waals surface area contributed by atoms with Crippen LogP contribution in [-0.2, 0) is 6.54 Å². The second-order valence-corrected chi connectivity index (χ2v) is 8.66. The lowest BCUT2D eigenvalue weighted by molar-refractivity contribution is 0.462. The zero-order valence-electron chi connectivity index (χ0n) is 17.7. The number of hydrogen-bond acceptors (Lipinski definition) is 6. The lowest BCUT2D eigenvalue weighted by Crippen LogP contribution is -2.02. The monoisotopic (exact) mass is 448 g/mol. The predicted molar refractivity (Wildman–Crippen MR) is 135 cm³/mol. The first-order valence-electron chi connectivity index (χ1n) is 10.7. The molecular weight excluding hydrogens is 428 g/mol. The number of nitrogens with one attached hydrogen (secondary N) is 2. The van der Waals surface area contributed by atoms with Crippen molar-refractivity contribution in [3.05, 3.63) is 103 Å². The van der Waals surface area contributed by atoms with E-state index in [1.165, 1.54) is 17.3 Å². The van der Waals surface area contributed by atoms with Gasteiger partial charge in [-0.05, 0) is 58.6 Å². The Bertz CT molecular complexity index is 1460. The van der Waals surface area contributed by atoms with Crippen LogP contribution in [0.2, 0.25) is 0 Å².